The van der Waals surface area contributed by atoms with Crippen LogP contribution in [0.5, 0.6) is 0 Å². The van der Waals surface area contributed by atoms with Gasteiger partial charge in [-0.3, -0.25) is 14.4 Å². The van der Waals surface area contributed by atoms with Crippen LogP contribution >= 0.6 is 0 Å². The van der Waals surface area contributed by atoms with Crippen LogP contribution in [0, 0.1) is 0 Å². The Bertz CT molecular complexity index is 869. The van der Waals surface area contributed by atoms with Gasteiger partial charge in [0.05, 0.1) is 0 Å². The molecule has 6 heteroatoms. The summed E-state index contributed by atoms with van der Waals surface area (Å²) in [5.74, 6) is 0.00870. The predicted molar refractivity (Wildman–Crippen MR) is 100 cm³/mol. The maximum Gasteiger partial charge on any atom is 0.251 e. The number of aromatic amines is 1. The second-order valence-corrected chi connectivity index (χ2v) is 6.84. The molecule has 0 bridgehead atoms. The van der Waals surface area contributed by atoms with E-state index in [1.54, 1.807) is 11.0 Å². The highest BCUT2D eigenvalue weighted by Gasteiger charge is 2.21. The van der Waals surface area contributed by atoms with Gasteiger partial charge < -0.3 is 15.2 Å². The second-order valence-electron chi connectivity index (χ2n) is 6.84. The van der Waals surface area contributed by atoms with Crippen LogP contribution in [0.25, 0.3) is 0 Å². The molecule has 1 fully saturated rings. The van der Waals surface area contributed by atoms with Crippen molar-refractivity contribution in [2.75, 3.05) is 11.4 Å². The van der Waals surface area contributed by atoms with Gasteiger partial charge >= 0.3 is 0 Å². The van der Waals surface area contributed by atoms with E-state index in [1.165, 1.54) is 6.07 Å². The van der Waals surface area contributed by atoms with Gasteiger partial charge in [-0.15, -0.1) is 0 Å². The number of hydrogen-bond donors (Lipinski definition) is 2. The van der Waals surface area contributed by atoms with Crippen molar-refractivity contribution < 1.29 is 9.59 Å². The van der Waals surface area contributed by atoms with Gasteiger partial charge in [-0.1, -0.05) is 26.0 Å². The SMILES string of the molecule is CC(C)c1cc(C(=O)NCc2ccc(N3CCCC3=O)cc2)cc(=O)[nH]1. The number of hydrogen-bond acceptors (Lipinski definition) is 3. The van der Waals surface area contributed by atoms with Gasteiger partial charge in [-0.05, 0) is 36.1 Å². The van der Waals surface area contributed by atoms with Gasteiger partial charge in [-0.25, -0.2) is 0 Å². The molecule has 1 aliphatic rings. The molecule has 0 radical (unpaired) electrons. The molecule has 0 spiro atoms. The molecular weight excluding hydrogens is 330 g/mol. The molecule has 2 heterocycles. The lowest BCUT2D eigenvalue weighted by Gasteiger charge is -2.16. The monoisotopic (exact) mass is 353 g/mol. The zero-order chi connectivity index (χ0) is 18.7. The molecule has 2 amide bonds. The molecule has 1 saturated heterocycles. The Labute approximate surface area is 152 Å². The van der Waals surface area contributed by atoms with Crippen molar-refractivity contribution in [3.05, 3.63) is 63.6 Å². The number of H-pyrrole nitrogens is 1. The van der Waals surface area contributed by atoms with Crippen LogP contribution in [0.1, 0.15) is 54.2 Å². The summed E-state index contributed by atoms with van der Waals surface area (Å²) >= 11 is 0. The van der Waals surface area contributed by atoms with E-state index in [4.69, 9.17) is 0 Å². The minimum absolute atomic E-state index is 0.135. The average molecular weight is 353 g/mol. The molecule has 0 unspecified atom stereocenters. The standard InChI is InChI=1S/C20H23N3O3/c1-13(2)17-10-15(11-18(24)22-17)20(26)21-12-14-5-7-16(8-6-14)23-9-3-4-19(23)25/h5-8,10-11,13H,3-4,9,12H2,1-2H3,(H,21,26)(H,22,24). The zero-order valence-electron chi connectivity index (χ0n) is 15.0. The van der Waals surface area contributed by atoms with Crippen LogP contribution in [-0.2, 0) is 11.3 Å². The number of benzene rings is 1. The number of nitrogens with one attached hydrogen (secondary N) is 2. The van der Waals surface area contributed by atoms with E-state index < -0.39 is 0 Å². The molecule has 2 N–H and O–H groups in total. The van der Waals surface area contributed by atoms with Gasteiger partial charge in [0.2, 0.25) is 11.5 Å². The van der Waals surface area contributed by atoms with Gasteiger partial charge in [0.15, 0.2) is 0 Å². The second kappa shape index (κ2) is 7.56. The first-order valence-corrected chi connectivity index (χ1v) is 8.86. The molecular formula is C20H23N3O3. The van der Waals surface area contributed by atoms with E-state index in [-0.39, 0.29) is 23.3 Å². The average Bonchev–Trinajstić information content (AvgIpc) is 3.05. The normalized spacial score (nSPS) is 14.1. The molecule has 0 aliphatic carbocycles. The smallest absolute Gasteiger partial charge is 0.251 e. The lowest BCUT2D eigenvalue weighted by molar-refractivity contribution is -0.117. The number of nitrogens with zero attached hydrogens (tertiary/aromatic N) is 1. The number of anilines is 1. The lowest BCUT2D eigenvalue weighted by Crippen LogP contribution is -2.25. The van der Waals surface area contributed by atoms with E-state index >= 15 is 0 Å². The molecule has 6 nitrogen and oxygen atoms in total. The van der Waals surface area contributed by atoms with Gasteiger partial charge in [0, 0.05) is 42.5 Å². The van der Waals surface area contributed by atoms with Crippen molar-refractivity contribution in [1.29, 1.82) is 0 Å². The van der Waals surface area contributed by atoms with E-state index in [0.29, 0.717) is 18.5 Å². The molecule has 0 saturated carbocycles. The topological polar surface area (TPSA) is 82.3 Å². The van der Waals surface area contributed by atoms with Crippen LogP contribution in [0.4, 0.5) is 5.69 Å². The first-order valence-electron chi connectivity index (χ1n) is 8.86. The summed E-state index contributed by atoms with van der Waals surface area (Å²) in [4.78, 5) is 40.4. The first-order chi connectivity index (χ1) is 12.4. The number of carbonyl (C=O) groups is 2. The molecule has 1 aromatic heterocycles. The van der Waals surface area contributed by atoms with E-state index in [2.05, 4.69) is 10.3 Å². The van der Waals surface area contributed by atoms with Crippen molar-refractivity contribution in [2.45, 2.75) is 39.2 Å². The molecule has 26 heavy (non-hydrogen) atoms. The Morgan fingerprint density at radius 3 is 2.54 bits per heavy atom. The number of pyridine rings is 1. The molecule has 2 aromatic rings. The summed E-state index contributed by atoms with van der Waals surface area (Å²) in [5.41, 5.74) is 2.64. The summed E-state index contributed by atoms with van der Waals surface area (Å²) < 4.78 is 0. The minimum atomic E-state index is -0.281. The minimum Gasteiger partial charge on any atom is -0.348 e. The fraction of sp³-hybridized carbons (Fsp3) is 0.350. The largest absolute Gasteiger partial charge is 0.348 e. The summed E-state index contributed by atoms with van der Waals surface area (Å²) in [6, 6.07) is 10.6. The molecule has 1 aromatic carbocycles. The van der Waals surface area contributed by atoms with Crippen molar-refractivity contribution in [1.82, 2.24) is 10.3 Å². The van der Waals surface area contributed by atoms with E-state index in [1.807, 2.05) is 38.1 Å². The zero-order valence-corrected chi connectivity index (χ0v) is 15.0. The molecule has 0 atom stereocenters. The van der Waals surface area contributed by atoms with Crippen molar-refractivity contribution in [2.24, 2.45) is 0 Å². The highest BCUT2D eigenvalue weighted by molar-refractivity contribution is 5.95. The summed E-state index contributed by atoms with van der Waals surface area (Å²) in [6.45, 7) is 5.03. The Morgan fingerprint density at radius 2 is 1.92 bits per heavy atom. The first kappa shape index (κ1) is 17.9. The van der Waals surface area contributed by atoms with Crippen molar-refractivity contribution in [3.63, 3.8) is 0 Å². The van der Waals surface area contributed by atoms with Crippen molar-refractivity contribution >= 4 is 17.5 Å². The fourth-order valence-electron chi connectivity index (χ4n) is 3.01. The lowest BCUT2D eigenvalue weighted by atomic mass is 10.1. The predicted octanol–water partition coefficient (Wildman–Crippen LogP) is 2.56. The third-order valence-electron chi connectivity index (χ3n) is 4.52. The summed E-state index contributed by atoms with van der Waals surface area (Å²) in [5, 5.41) is 2.83. The quantitative estimate of drug-likeness (QED) is 0.867. The van der Waals surface area contributed by atoms with Crippen LogP contribution in [0.3, 0.4) is 0 Å². The maximum absolute atomic E-state index is 12.3. The molecule has 3 rings (SSSR count). The highest BCUT2D eigenvalue weighted by atomic mass is 16.2. The number of aromatic nitrogens is 1. The van der Waals surface area contributed by atoms with Gasteiger partial charge in [0.25, 0.3) is 5.91 Å². The Kier molecular flexibility index (Phi) is 5.21. The van der Waals surface area contributed by atoms with Gasteiger partial charge in [0.1, 0.15) is 0 Å². The molecule has 1 aliphatic heterocycles. The Balaban J connectivity index is 1.64. The summed E-state index contributed by atoms with van der Waals surface area (Å²) in [7, 11) is 0. The van der Waals surface area contributed by atoms with Crippen molar-refractivity contribution in [3.8, 4) is 0 Å². The highest BCUT2D eigenvalue weighted by Crippen LogP contribution is 2.21. The van der Waals surface area contributed by atoms with Crippen LogP contribution in [-0.4, -0.2) is 23.3 Å². The summed E-state index contributed by atoms with van der Waals surface area (Å²) in [6.07, 6.45) is 1.50. The van der Waals surface area contributed by atoms with Crippen LogP contribution in [0.15, 0.2) is 41.2 Å². The Morgan fingerprint density at radius 1 is 1.19 bits per heavy atom. The third-order valence-corrected chi connectivity index (χ3v) is 4.52. The molecule has 136 valence electrons. The third kappa shape index (κ3) is 4.02. The maximum atomic E-state index is 12.3. The Hall–Kier alpha value is -2.89. The fourth-order valence-corrected chi connectivity index (χ4v) is 3.01. The van der Waals surface area contributed by atoms with Crippen LogP contribution in [0.2, 0.25) is 0 Å². The van der Waals surface area contributed by atoms with Crippen LogP contribution < -0.4 is 15.8 Å². The number of carbonyl (C=O) groups excluding carboxylic acids is 2. The number of amides is 2. The van der Waals surface area contributed by atoms with E-state index in [9.17, 15) is 14.4 Å². The van der Waals surface area contributed by atoms with E-state index in [0.717, 1.165) is 29.9 Å². The van der Waals surface area contributed by atoms with Gasteiger partial charge in [-0.2, -0.15) is 0 Å². The number of rotatable bonds is 5.